The van der Waals surface area contributed by atoms with E-state index in [1.54, 1.807) is 0 Å². The summed E-state index contributed by atoms with van der Waals surface area (Å²) < 4.78 is 17.3. The summed E-state index contributed by atoms with van der Waals surface area (Å²) in [7, 11) is 5.54. The zero-order valence-electron chi connectivity index (χ0n) is 38.3. The number of ether oxygens (including phenoxy) is 3. The number of hydrogen-bond donors (Lipinski definition) is 1. The third-order valence-corrected chi connectivity index (χ3v) is 11.2. The number of carboxylic acids is 1. The van der Waals surface area contributed by atoms with E-state index in [-0.39, 0.29) is 36.2 Å². The molecule has 8 nitrogen and oxygen atoms in total. The van der Waals surface area contributed by atoms with Crippen LogP contribution in [0.1, 0.15) is 232 Å². The molecule has 0 radical (unpaired) electrons. The molecule has 0 aliphatic rings. The summed E-state index contributed by atoms with van der Waals surface area (Å²) >= 11 is 0. The van der Waals surface area contributed by atoms with Crippen LogP contribution < -0.4 is 0 Å². The minimum Gasteiger partial charge on any atom is -0.477 e. The largest absolute Gasteiger partial charge is 0.477 e. The van der Waals surface area contributed by atoms with Gasteiger partial charge in [-0.1, -0.05) is 187 Å². The lowest BCUT2D eigenvalue weighted by atomic mass is 10.0. The molecule has 57 heavy (non-hydrogen) atoms. The van der Waals surface area contributed by atoms with E-state index in [0.717, 1.165) is 51.4 Å². The van der Waals surface area contributed by atoms with Crippen LogP contribution in [0.5, 0.6) is 0 Å². The van der Waals surface area contributed by atoms with E-state index in [4.69, 9.17) is 14.2 Å². The number of esters is 2. The number of carbonyl (C=O) groups is 3. The zero-order chi connectivity index (χ0) is 42.1. The van der Waals surface area contributed by atoms with Gasteiger partial charge in [0.05, 0.1) is 34.4 Å². The van der Waals surface area contributed by atoms with Gasteiger partial charge < -0.3 is 23.8 Å². The first kappa shape index (κ1) is 55.1. The van der Waals surface area contributed by atoms with Crippen molar-refractivity contribution in [2.24, 2.45) is 0 Å². The summed E-state index contributed by atoms with van der Waals surface area (Å²) in [5, 5.41) is 9.63. The number of nitrogens with zero attached hydrogens (tertiary/aromatic N) is 1. The third-order valence-electron chi connectivity index (χ3n) is 11.2. The molecule has 0 aromatic heterocycles. The van der Waals surface area contributed by atoms with E-state index in [2.05, 4.69) is 26.0 Å². The predicted octanol–water partition coefficient (Wildman–Crippen LogP) is 13.5. The van der Waals surface area contributed by atoms with E-state index < -0.39 is 18.1 Å². The minimum atomic E-state index is -0.873. The number of hydrogen-bond acceptors (Lipinski definition) is 6. The van der Waals surface area contributed by atoms with Crippen molar-refractivity contribution in [3.8, 4) is 0 Å². The highest BCUT2D eigenvalue weighted by atomic mass is 16.6. The Kier molecular flexibility index (Phi) is 39.4. The quantitative estimate of drug-likeness (QED) is 0.0283. The average Bonchev–Trinajstić information content (AvgIpc) is 3.17. The van der Waals surface area contributed by atoms with Gasteiger partial charge in [-0.2, -0.15) is 0 Å². The number of quaternary nitrogens is 1. The molecule has 8 heteroatoms. The van der Waals surface area contributed by atoms with Crippen LogP contribution in [0.2, 0.25) is 0 Å². The van der Waals surface area contributed by atoms with E-state index in [1.165, 1.54) is 148 Å². The summed E-state index contributed by atoms with van der Waals surface area (Å²) in [6.07, 6.45) is 43.9. The third kappa shape index (κ3) is 39.3. The maximum atomic E-state index is 12.7. The summed E-state index contributed by atoms with van der Waals surface area (Å²) in [5.41, 5.74) is 0. The first-order valence-corrected chi connectivity index (χ1v) is 24.2. The predicted molar refractivity (Wildman–Crippen MR) is 239 cm³/mol. The summed E-state index contributed by atoms with van der Waals surface area (Å²) in [6.45, 7) is 4.76. The van der Waals surface area contributed by atoms with Gasteiger partial charge in [-0.25, -0.2) is 4.79 Å². The van der Waals surface area contributed by atoms with Gasteiger partial charge in [-0.3, -0.25) is 9.59 Å². The fourth-order valence-electron chi connectivity index (χ4n) is 7.38. The van der Waals surface area contributed by atoms with Crippen molar-refractivity contribution in [3.63, 3.8) is 0 Å². The fraction of sp³-hybridized carbons (Fsp3) is 0.898. The fourth-order valence-corrected chi connectivity index (χ4v) is 7.38. The van der Waals surface area contributed by atoms with Crippen LogP contribution >= 0.6 is 0 Å². The molecule has 1 N–H and O–H groups in total. The van der Waals surface area contributed by atoms with Gasteiger partial charge in [0.1, 0.15) is 6.61 Å². The lowest BCUT2D eigenvalue weighted by Gasteiger charge is -2.31. The van der Waals surface area contributed by atoms with E-state index >= 15 is 0 Å². The molecule has 2 atom stereocenters. The first-order chi connectivity index (χ1) is 27.6. The van der Waals surface area contributed by atoms with Crippen LogP contribution in [-0.2, 0) is 28.6 Å². The van der Waals surface area contributed by atoms with Gasteiger partial charge in [0.15, 0.2) is 12.1 Å². The Morgan fingerprint density at radius 1 is 0.509 bits per heavy atom. The molecule has 0 amide bonds. The number of rotatable bonds is 44. The Labute approximate surface area is 352 Å². The second-order valence-corrected chi connectivity index (χ2v) is 17.7. The van der Waals surface area contributed by atoms with Crippen molar-refractivity contribution >= 4 is 17.9 Å². The Balaban J connectivity index is 4.27. The Morgan fingerprint density at radius 2 is 0.877 bits per heavy atom. The topological polar surface area (TPSA) is 99.1 Å². The molecule has 2 unspecified atom stereocenters. The van der Waals surface area contributed by atoms with Crippen molar-refractivity contribution in [2.75, 3.05) is 41.0 Å². The maximum Gasteiger partial charge on any atom is 0.362 e. The van der Waals surface area contributed by atoms with Gasteiger partial charge >= 0.3 is 17.9 Å². The van der Waals surface area contributed by atoms with Crippen LogP contribution in [0.15, 0.2) is 12.2 Å². The molecule has 0 aliphatic heterocycles. The Bertz CT molecular complexity index is 947. The number of carbonyl (C=O) groups excluding carboxylic acids is 2. The number of carboxylic acid groups (broad SMARTS) is 1. The van der Waals surface area contributed by atoms with Gasteiger partial charge in [-0.05, 0) is 38.5 Å². The van der Waals surface area contributed by atoms with Gasteiger partial charge in [-0.15, -0.1) is 0 Å². The summed E-state index contributed by atoms with van der Waals surface area (Å²) in [5.74, 6) is -1.46. The van der Waals surface area contributed by atoms with Gasteiger partial charge in [0.25, 0.3) is 0 Å². The molecule has 0 aliphatic carbocycles. The highest BCUT2D eigenvalue weighted by Crippen LogP contribution is 2.16. The van der Waals surface area contributed by atoms with Crippen molar-refractivity contribution in [2.45, 2.75) is 244 Å². The van der Waals surface area contributed by atoms with Crippen LogP contribution in [0.3, 0.4) is 0 Å². The second-order valence-electron chi connectivity index (χ2n) is 17.7. The smallest absolute Gasteiger partial charge is 0.362 e. The number of likely N-dealkylation sites (N-methyl/N-ethyl adjacent to an activating group) is 1. The highest BCUT2D eigenvalue weighted by molar-refractivity contribution is 5.72. The van der Waals surface area contributed by atoms with Crippen LogP contribution in [0.25, 0.3) is 0 Å². The lowest BCUT2D eigenvalue weighted by molar-refractivity contribution is -0.887. The number of allylic oxidation sites excluding steroid dienone is 2. The molecule has 0 aromatic carbocycles. The van der Waals surface area contributed by atoms with Crippen molar-refractivity contribution in [1.29, 1.82) is 0 Å². The monoisotopic (exact) mass is 809 g/mol. The second kappa shape index (κ2) is 40.8. The Morgan fingerprint density at radius 3 is 1.26 bits per heavy atom. The molecule has 0 spiro atoms. The Hall–Kier alpha value is -1.93. The summed E-state index contributed by atoms with van der Waals surface area (Å²) in [4.78, 5) is 37.1. The van der Waals surface area contributed by atoms with Crippen molar-refractivity contribution < 1.29 is 38.2 Å². The summed E-state index contributed by atoms with van der Waals surface area (Å²) in [6, 6.07) is -0.612. The molecule has 336 valence electrons. The lowest BCUT2D eigenvalue weighted by Crippen LogP contribution is -2.50. The standard InChI is InChI=1S/C49H93NO7/c1-6-8-10-12-14-16-18-20-22-24-26-27-29-31-33-35-37-39-47(51)56-44-45(43-55-42-41-46(49(53)54)50(3,4)5)57-48(52)40-38-36-34-32-30-28-25-23-21-19-17-15-13-11-9-7-2/h23,25,45-46H,6-22,24,26-44H2,1-5H3/p+1/b25-23+. The highest BCUT2D eigenvalue weighted by Gasteiger charge is 2.31. The SMILES string of the molecule is CCCCCCCCC/C=C/CCCCCCCC(=O)OC(COCCC(C(=O)O)[N+](C)(C)C)COC(=O)CCCCCCCCCCCCCCCCCCC. The van der Waals surface area contributed by atoms with E-state index in [1.807, 2.05) is 21.1 Å². The molecule has 0 bridgehead atoms. The van der Waals surface area contributed by atoms with Crippen LogP contribution in [0.4, 0.5) is 0 Å². The molecule has 0 aromatic rings. The number of unbranched alkanes of at least 4 members (excludes halogenated alkanes) is 28. The first-order valence-electron chi connectivity index (χ1n) is 24.2. The van der Waals surface area contributed by atoms with E-state index in [9.17, 15) is 19.5 Å². The van der Waals surface area contributed by atoms with Crippen molar-refractivity contribution in [1.82, 2.24) is 0 Å². The zero-order valence-corrected chi connectivity index (χ0v) is 38.3. The van der Waals surface area contributed by atoms with Crippen LogP contribution in [0, 0.1) is 0 Å². The molecule has 0 saturated heterocycles. The minimum absolute atomic E-state index is 0.0479. The van der Waals surface area contributed by atoms with Crippen molar-refractivity contribution in [3.05, 3.63) is 12.2 Å². The maximum absolute atomic E-state index is 12.7. The van der Waals surface area contributed by atoms with Gasteiger partial charge in [0.2, 0.25) is 0 Å². The van der Waals surface area contributed by atoms with E-state index in [0.29, 0.717) is 19.3 Å². The van der Waals surface area contributed by atoms with Crippen LogP contribution in [-0.4, -0.2) is 80.6 Å². The molecule has 0 saturated carbocycles. The van der Waals surface area contributed by atoms with Gasteiger partial charge in [0, 0.05) is 19.3 Å². The molecular formula is C49H94NO7+. The molecule has 0 heterocycles. The number of aliphatic carboxylic acids is 1. The average molecular weight is 809 g/mol. The normalized spacial score (nSPS) is 12.9. The molecule has 0 rings (SSSR count). The molecular weight excluding hydrogens is 715 g/mol. The molecule has 0 fully saturated rings.